The number of benzene rings is 1. The second kappa shape index (κ2) is 11.9. The molecule has 1 saturated heterocycles. The lowest BCUT2D eigenvalue weighted by atomic mass is 10.1. The molecule has 0 radical (unpaired) electrons. The van der Waals surface area contributed by atoms with Crippen LogP contribution in [0.2, 0.25) is 0 Å². The Morgan fingerprint density at radius 3 is 2.64 bits per heavy atom. The lowest BCUT2D eigenvalue weighted by Crippen LogP contribution is -2.27. The second-order valence-electron chi connectivity index (χ2n) is 9.70. The summed E-state index contributed by atoms with van der Waals surface area (Å²) in [6.45, 7) is 6.26. The van der Waals surface area contributed by atoms with Gasteiger partial charge in [0.05, 0.1) is 23.4 Å². The van der Waals surface area contributed by atoms with E-state index in [0.717, 1.165) is 0 Å². The molecular weight excluding hydrogens is 542 g/mol. The van der Waals surface area contributed by atoms with Crippen molar-refractivity contribution >= 4 is 48.3 Å². The fourth-order valence-electron chi connectivity index (χ4n) is 3.92. The van der Waals surface area contributed by atoms with Gasteiger partial charge in [0.25, 0.3) is 5.91 Å². The van der Waals surface area contributed by atoms with Gasteiger partial charge in [0.2, 0.25) is 5.88 Å². The van der Waals surface area contributed by atoms with E-state index in [-0.39, 0.29) is 22.0 Å². The largest absolute Gasteiger partial charge is 0.476 e. The molecule has 39 heavy (non-hydrogen) atoms. The lowest BCUT2D eigenvalue weighted by molar-refractivity contribution is -0.110. The van der Waals surface area contributed by atoms with E-state index in [2.05, 4.69) is 39.6 Å². The molecular formula is C26H31N5O6S2. The van der Waals surface area contributed by atoms with Gasteiger partial charge in [-0.15, -0.1) is 0 Å². The van der Waals surface area contributed by atoms with E-state index in [1.807, 2.05) is 0 Å². The van der Waals surface area contributed by atoms with Gasteiger partial charge < -0.3 is 19.6 Å². The van der Waals surface area contributed by atoms with Gasteiger partial charge in [-0.1, -0.05) is 42.5 Å². The number of aromatic nitrogens is 2. The highest BCUT2D eigenvalue weighted by Crippen LogP contribution is 2.33. The van der Waals surface area contributed by atoms with Crippen LogP contribution >= 0.6 is 11.3 Å². The first-order valence-corrected chi connectivity index (χ1v) is 15.3. The van der Waals surface area contributed by atoms with Crippen molar-refractivity contribution in [2.24, 2.45) is 5.16 Å². The molecule has 0 unspecified atom stereocenters. The van der Waals surface area contributed by atoms with Crippen LogP contribution in [-0.4, -0.2) is 73.8 Å². The van der Waals surface area contributed by atoms with Crippen LogP contribution in [0.1, 0.15) is 38.7 Å². The Hall–Kier alpha value is -3.13. The zero-order valence-electron chi connectivity index (χ0n) is 21.8. The van der Waals surface area contributed by atoms with Crippen molar-refractivity contribution in [3.8, 4) is 5.88 Å². The number of hydrogen-bond acceptors (Lipinski definition) is 11. The van der Waals surface area contributed by atoms with E-state index < -0.39 is 15.7 Å². The van der Waals surface area contributed by atoms with Crippen LogP contribution in [0.25, 0.3) is 10.3 Å². The summed E-state index contributed by atoms with van der Waals surface area (Å²) in [5.74, 6) is -0.0627. The summed E-state index contributed by atoms with van der Waals surface area (Å²) < 4.78 is 36.2. The van der Waals surface area contributed by atoms with Gasteiger partial charge >= 0.3 is 0 Å². The summed E-state index contributed by atoms with van der Waals surface area (Å²) in [7, 11) is -3.35. The highest BCUT2D eigenvalue weighted by molar-refractivity contribution is 7.92. The summed E-state index contributed by atoms with van der Waals surface area (Å²) in [4.78, 5) is 28.7. The van der Waals surface area contributed by atoms with Crippen LogP contribution in [0.15, 0.2) is 46.4 Å². The maximum atomic E-state index is 13.3. The van der Waals surface area contributed by atoms with Crippen molar-refractivity contribution < 1.29 is 27.5 Å². The standard InChI is InChI=1S/C26H31N5O6S2/c1-16(2)27-12-14-36-22-10-9-21-25(29-22)38-26(28-21)30-24(32)23(31-37-18-11-13-35-15-18)17-3-5-19(6-4-17)39(33,34)20-7-8-20/h3-6,9-10,16,18,20,27H,7-8,11-15H2,1-2H3,(H,28,30,32)/b31-23+/t18-/m1/s1. The third kappa shape index (κ3) is 6.90. The number of fused-ring (bicyclic) bond motifs is 1. The number of sulfone groups is 1. The Morgan fingerprint density at radius 1 is 1.15 bits per heavy atom. The molecule has 2 N–H and O–H groups in total. The zero-order chi connectivity index (χ0) is 27.4. The summed E-state index contributed by atoms with van der Waals surface area (Å²) in [5, 5.41) is 10.2. The maximum absolute atomic E-state index is 13.3. The lowest BCUT2D eigenvalue weighted by Gasteiger charge is -2.10. The third-order valence-electron chi connectivity index (χ3n) is 6.17. The molecule has 13 heteroatoms. The molecule has 1 amide bonds. The molecule has 1 aromatic carbocycles. The van der Waals surface area contributed by atoms with Crippen molar-refractivity contribution in [2.45, 2.75) is 55.4 Å². The number of hydrogen-bond donors (Lipinski definition) is 2. The van der Waals surface area contributed by atoms with Gasteiger partial charge in [-0.2, -0.15) is 0 Å². The molecule has 2 aromatic heterocycles. The van der Waals surface area contributed by atoms with E-state index in [9.17, 15) is 13.2 Å². The highest BCUT2D eigenvalue weighted by Gasteiger charge is 2.36. The molecule has 3 heterocycles. The fraction of sp³-hybridized carbons (Fsp3) is 0.462. The van der Waals surface area contributed by atoms with E-state index >= 15 is 0 Å². The van der Waals surface area contributed by atoms with Gasteiger partial charge in [-0.3, -0.25) is 10.1 Å². The molecule has 1 aliphatic carbocycles. The number of carbonyl (C=O) groups excluding carboxylic acids is 1. The van der Waals surface area contributed by atoms with Crippen molar-refractivity contribution in [1.29, 1.82) is 0 Å². The predicted molar refractivity (Wildman–Crippen MR) is 148 cm³/mol. The van der Waals surface area contributed by atoms with Gasteiger partial charge in [0.15, 0.2) is 26.8 Å². The van der Waals surface area contributed by atoms with Crippen LogP contribution < -0.4 is 15.4 Å². The van der Waals surface area contributed by atoms with Crippen molar-refractivity contribution in [3.63, 3.8) is 0 Å². The van der Waals surface area contributed by atoms with Gasteiger partial charge in [0, 0.05) is 30.6 Å². The molecule has 5 rings (SSSR count). The Balaban J connectivity index is 1.32. The first-order valence-electron chi connectivity index (χ1n) is 12.9. The summed E-state index contributed by atoms with van der Waals surface area (Å²) in [6.07, 6.45) is 1.76. The number of thiazole rings is 1. The van der Waals surface area contributed by atoms with Crippen LogP contribution in [0.4, 0.5) is 5.13 Å². The molecule has 1 saturated carbocycles. The number of anilines is 1. The number of amides is 1. The van der Waals surface area contributed by atoms with Crippen LogP contribution in [0.3, 0.4) is 0 Å². The zero-order valence-corrected chi connectivity index (χ0v) is 23.4. The minimum atomic E-state index is -3.35. The number of pyridine rings is 1. The quantitative estimate of drug-likeness (QED) is 0.190. The van der Waals surface area contributed by atoms with E-state index in [4.69, 9.17) is 14.3 Å². The number of nitrogens with zero attached hydrogens (tertiary/aromatic N) is 3. The Labute approximate surface area is 230 Å². The third-order valence-corrected chi connectivity index (χ3v) is 9.33. The SMILES string of the molecule is CC(C)NCCOc1ccc2nc(NC(=O)/C(=N/O[C@@H]3CCOC3)c3ccc(S(=O)(=O)C4CC4)cc3)sc2n1. The molecule has 0 bridgehead atoms. The fourth-order valence-corrected chi connectivity index (χ4v) is 6.40. The average Bonchev–Trinajstić information content (AvgIpc) is 3.52. The van der Waals surface area contributed by atoms with Crippen LogP contribution in [-0.2, 0) is 24.2 Å². The number of nitrogens with one attached hydrogen (secondary N) is 2. The van der Waals surface area contributed by atoms with E-state index in [1.165, 1.54) is 23.5 Å². The molecule has 3 aromatic rings. The first kappa shape index (κ1) is 27.4. The normalized spacial score (nSPS) is 18.0. The number of ether oxygens (including phenoxy) is 2. The first-order chi connectivity index (χ1) is 18.8. The summed E-state index contributed by atoms with van der Waals surface area (Å²) in [5.41, 5.74) is 1.05. The Kier molecular flexibility index (Phi) is 8.40. The van der Waals surface area contributed by atoms with Gasteiger partial charge in [-0.25, -0.2) is 18.4 Å². The van der Waals surface area contributed by atoms with Gasteiger partial charge in [0.1, 0.15) is 17.0 Å². The predicted octanol–water partition coefficient (Wildman–Crippen LogP) is 3.15. The number of oxime groups is 1. The molecule has 208 valence electrons. The van der Waals surface area contributed by atoms with E-state index in [0.29, 0.717) is 78.6 Å². The molecule has 2 aliphatic rings. The number of rotatable bonds is 12. The highest BCUT2D eigenvalue weighted by atomic mass is 32.2. The average molecular weight is 574 g/mol. The monoisotopic (exact) mass is 573 g/mol. The molecule has 1 atom stereocenters. The Bertz CT molecular complexity index is 1450. The van der Waals surface area contributed by atoms with Crippen molar-refractivity contribution in [3.05, 3.63) is 42.0 Å². The minimum Gasteiger partial charge on any atom is -0.476 e. The topological polar surface area (TPSA) is 141 Å². The molecule has 1 aliphatic heterocycles. The smallest absolute Gasteiger partial charge is 0.280 e. The van der Waals surface area contributed by atoms with Gasteiger partial charge in [-0.05, 0) is 31.0 Å². The minimum absolute atomic E-state index is 0.00570. The summed E-state index contributed by atoms with van der Waals surface area (Å²) >= 11 is 1.21. The van der Waals surface area contributed by atoms with E-state index in [1.54, 1.807) is 24.3 Å². The van der Waals surface area contributed by atoms with Crippen LogP contribution in [0, 0.1) is 0 Å². The Morgan fingerprint density at radius 2 is 1.95 bits per heavy atom. The second-order valence-corrected chi connectivity index (χ2v) is 12.9. The van der Waals surface area contributed by atoms with Crippen molar-refractivity contribution in [1.82, 2.24) is 15.3 Å². The number of carbonyl (C=O) groups is 1. The van der Waals surface area contributed by atoms with Crippen molar-refractivity contribution in [2.75, 3.05) is 31.7 Å². The maximum Gasteiger partial charge on any atom is 0.280 e. The molecule has 2 fully saturated rings. The molecule has 0 spiro atoms. The molecule has 11 nitrogen and oxygen atoms in total. The van der Waals surface area contributed by atoms with Crippen LogP contribution in [0.5, 0.6) is 5.88 Å². The summed E-state index contributed by atoms with van der Waals surface area (Å²) in [6, 6.07) is 10.0.